The predicted molar refractivity (Wildman–Crippen MR) is 92.8 cm³/mol. The monoisotopic (exact) mass is 394 g/mol. The van der Waals surface area contributed by atoms with Gasteiger partial charge in [0, 0.05) is 31.4 Å². The summed E-state index contributed by atoms with van der Waals surface area (Å²) < 4.78 is 0. The maximum atomic E-state index is 12.1. The number of hydrogen-bond donors (Lipinski definition) is 2. The number of rotatable bonds is 10. The third-order valence-corrected chi connectivity index (χ3v) is 3.52. The molecule has 12 heteroatoms. The van der Waals surface area contributed by atoms with Gasteiger partial charge in [-0.3, -0.25) is 25.0 Å². The Morgan fingerprint density at radius 3 is 2.12 bits per heavy atom. The van der Waals surface area contributed by atoms with Crippen molar-refractivity contribution in [2.24, 2.45) is 0 Å². The summed E-state index contributed by atoms with van der Waals surface area (Å²) in [4.78, 5) is 34.5. The molecule has 0 heterocycles. The van der Waals surface area contributed by atoms with Crippen LogP contribution in [0.4, 0.5) is 17.1 Å². The molecule has 25 heavy (non-hydrogen) atoms. The topological polar surface area (TPSA) is 139 Å². The quantitative estimate of drug-likeness (QED) is 0.348. The average Bonchev–Trinajstić information content (AvgIpc) is 2.58. The lowest BCUT2D eigenvalue weighted by molar-refractivity contribution is -0.393. The van der Waals surface area contributed by atoms with Crippen LogP contribution in [0.15, 0.2) is 12.1 Å². The van der Waals surface area contributed by atoms with Crippen LogP contribution in [0.3, 0.4) is 0 Å². The molecular weight excluding hydrogens is 379 g/mol. The molecule has 1 aromatic carbocycles. The summed E-state index contributed by atoms with van der Waals surface area (Å²) in [7, 11) is 0. The number of carbonyl (C=O) groups is 1. The zero-order chi connectivity index (χ0) is 19.0. The van der Waals surface area contributed by atoms with Crippen LogP contribution >= 0.6 is 23.2 Å². The largest absolute Gasteiger partial charge is 0.395 e. The molecule has 10 nitrogen and oxygen atoms in total. The molecule has 0 aromatic heterocycles. The van der Waals surface area contributed by atoms with Crippen LogP contribution in [0.25, 0.3) is 0 Å². The van der Waals surface area contributed by atoms with Gasteiger partial charge >= 0.3 is 0 Å². The van der Waals surface area contributed by atoms with Gasteiger partial charge < -0.3 is 15.3 Å². The fourth-order valence-corrected chi connectivity index (χ4v) is 2.53. The minimum Gasteiger partial charge on any atom is -0.395 e. The van der Waals surface area contributed by atoms with E-state index in [1.54, 1.807) is 0 Å². The van der Waals surface area contributed by atoms with E-state index in [0.717, 1.165) is 12.1 Å². The Balaban J connectivity index is 3.54. The number of nitro groups is 2. The minimum absolute atomic E-state index is 0.00560. The lowest BCUT2D eigenvalue weighted by Crippen LogP contribution is -2.30. The van der Waals surface area contributed by atoms with E-state index in [9.17, 15) is 25.0 Å². The van der Waals surface area contributed by atoms with Crippen molar-refractivity contribution in [1.29, 1.82) is 0 Å². The number of alkyl halides is 2. The molecule has 0 aliphatic carbocycles. The van der Waals surface area contributed by atoms with Crippen LogP contribution in [0.2, 0.25) is 0 Å². The first-order valence-corrected chi connectivity index (χ1v) is 8.17. The van der Waals surface area contributed by atoms with Crippen LogP contribution in [0, 0.1) is 20.2 Å². The highest BCUT2D eigenvalue weighted by molar-refractivity contribution is 6.18. The van der Waals surface area contributed by atoms with E-state index in [1.165, 1.54) is 4.90 Å². The highest BCUT2D eigenvalue weighted by atomic mass is 35.5. The number of carbonyl (C=O) groups excluding carboxylic acids is 1. The van der Waals surface area contributed by atoms with E-state index in [0.29, 0.717) is 0 Å². The summed E-state index contributed by atoms with van der Waals surface area (Å²) >= 11 is 11.4. The van der Waals surface area contributed by atoms with Crippen LogP contribution in [0.5, 0.6) is 0 Å². The molecule has 2 N–H and O–H groups in total. The van der Waals surface area contributed by atoms with E-state index in [-0.39, 0.29) is 49.3 Å². The second-order valence-electron chi connectivity index (χ2n) is 4.72. The van der Waals surface area contributed by atoms with Crippen LogP contribution < -0.4 is 10.2 Å². The summed E-state index contributed by atoms with van der Waals surface area (Å²) in [5.41, 5.74) is -1.58. The average molecular weight is 395 g/mol. The number of nitrogens with one attached hydrogen (secondary N) is 1. The van der Waals surface area contributed by atoms with Crippen molar-refractivity contribution in [2.75, 3.05) is 42.9 Å². The number of aliphatic hydroxyl groups excluding tert-OH is 1. The third kappa shape index (κ3) is 5.41. The van der Waals surface area contributed by atoms with Gasteiger partial charge in [-0.05, 0) is 6.07 Å². The molecular formula is C13H16Cl2N4O6. The highest BCUT2D eigenvalue weighted by Gasteiger charge is 2.30. The Morgan fingerprint density at radius 1 is 1.12 bits per heavy atom. The van der Waals surface area contributed by atoms with E-state index < -0.39 is 27.1 Å². The van der Waals surface area contributed by atoms with Gasteiger partial charge in [0.1, 0.15) is 11.3 Å². The van der Waals surface area contributed by atoms with Crippen molar-refractivity contribution in [3.8, 4) is 0 Å². The van der Waals surface area contributed by atoms with Crippen LogP contribution in [-0.2, 0) is 0 Å². The first kappa shape index (κ1) is 20.9. The number of nitrogens with zero attached hydrogens (tertiary/aromatic N) is 3. The van der Waals surface area contributed by atoms with Crippen LogP contribution in [-0.4, -0.2) is 58.9 Å². The van der Waals surface area contributed by atoms with Gasteiger partial charge in [0.2, 0.25) is 0 Å². The highest BCUT2D eigenvalue weighted by Crippen LogP contribution is 2.35. The minimum atomic E-state index is -0.877. The Labute approximate surface area is 152 Å². The lowest BCUT2D eigenvalue weighted by Gasteiger charge is -2.23. The molecule has 0 radical (unpaired) electrons. The first-order chi connectivity index (χ1) is 11.9. The molecule has 0 saturated carbocycles. The van der Waals surface area contributed by atoms with Gasteiger partial charge in [-0.2, -0.15) is 0 Å². The summed E-state index contributed by atoms with van der Waals surface area (Å²) in [5, 5.41) is 33.6. The van der Waals surface area contributed by atoms with E-state index in [4.69, 9.17) is 28.3 Å². The molecule has 0 fully saturated rings. The van der Waals surface area contributed by atoms with E-state index in [2.05, 4.69) is 5.32 Å². The van der Waals surface area contributed by atoms with Gasteiger partial charge in [-0.1, -0.05) is 0 Å². The smallest absolute Gasteiger partial charge is 0.299 e. The number of benzene rings is 1. The second kappa shape index (κ2) is 9.97. The Kier molecular flexibility index (Phi) is 8.32. The van der Waals surface area contributed by atoms with E-state index in [1.807, 2.05) is 0 Å². The molecule has 0 spiro atoms. The summed E-state index contributed by atoms with van der Waals surface area (Å²) in [5.74, 6) is -0.553. The fraction of sp³-hybridized carbons (Fsp3) is 0.462. The lowest BCUT2D eigenvalue weighted by atomic mass is 10.1. The molecule has 1 amide bonds. The summed E-state index contributed by atoms with van der Waals surface area (Å²) in [6, 6.07) is 1.81. The van der Waals surface area contributed by atoms with Crippen molar-refractivity contribution in [3.63, 3.8) is 0 Å². The first-order valence-electron chi connectivity index (χ1n) is 7.10. The third-order valence-electron chi connectivity index (χ3n) is 3.18. The van der Waals surface area contributed by atoms with Gasteiger partial charge in [0.25, 0.3) is 17.3 Å². The van der Waals surface area contributed by atoms with E-state index >= 15 is 0 Å². The molecule has 0 saturated heterocycles. The SMILES string of the molecule is O=C(NCCO)c1cc(N(CCCl)CCCl)c([N+](=O)[O-])cc1[N+](=O)[O-]. The van der Waals surface area contributed by atoms with Crippen molar-refractivity contribution in [3.05, 3.63) is 37.9 Å². The number of hydrogen-bond acceptors (Lipinski definition) is 7. The van der Waals surface area contributed by atoms with Gasteiger partial charge in [0.05, 0.1) is 22.5 Å². The molecule has 138 valence electrons. The summed E-state index contributed by atoms with van der Waals surface area (Å²) in [6.45, 7) is -0.0748. The summed E-state index contributed by atoms with van der Waals surface area (Å²) in [6.07, 6.45) is 0. The number of halogens is 2. The van der Waals surface area contributed by atoms with Crippen molar-refractivity contribution >= 4 is 46.2 Å². The maximum Gasteiger partial charge on any atom is 0.299 e. The standard InChI is InChI=1S/C13H16Cl2N4O6/c14-1-4-17(5-2-15)11-7-9(13(21)16-3-6-20)10(18(22)23)8-12(11)19(24)25/h7-8,20H,1-6H2,(H,16,21). The normalized spacial score (nSPS) is 10.4. The number of anilines is 1. The number of aliphatic hydroxyl groups is 1. The van der Waals surface area contributed by atoms with Gasteiger partial charge in [0.15, 0.2) is 0 Å². The van der Waals surface area contributed by atoms with Crippen molar-refractivity contribution < 1.29 is 19.7 Å². The Bertz CT molecular complexity index is 652. The molecule has 0 unspecified atom stereocenters. The number of nitro benzene ring substituents is 2. The maximum absolute atomic E-state index is 12.1. The molecule has 0 aliphatic rings. The Morgan fingerprint density at radius 2 is 1.68 bits per heavy atom. The zero-order valence-electron chi connectivity index (χ0n) is 13.0. The second-order valence-corrected chi connectivity index (χ2v) is 5.47. The van der Waals surface area contributed by atoms with Crippen LogP contribution in [0.1, 0.15) is 10.4 Å². The van der Waals surface area contributed by atoms with Gasteiger partial charge in [-0.25, -0.2) is 0 Å². The Hall–Kier alpha value is -2.17. The molecule has 1 rings (SSSR count). The predicted octanol–water partition coefficient (Wildman–Crippen LogP) is 1.51. The molecule has 0 aliphatic heterocycles. The number of amides is 1. The zero-order valence-corrected chi connectivity index (χ0v) is 14.5. The van der Waals surface area contributed by atoms with Crippen molar-refractivity contribution in [2.45, 2.75) is 0 Å². The van der Waals surface area contributed by atoms with Gasteiger partial charge in [-0.15, -0.1) is 23.2 Å². The molecule has 0 atom stereocenters. The molecule has 0 bridgehead atoms. The molecule has 1 aromatic rings. The fourth-order valence-electron chi connectivity index (χ4n) is 2.12. The van der Waals surface area contributed by atoms with Crippen molar-refractivity contribution in [1.82, 2.24) is 5.32 Å².